The van der Waals surface area contributed by atoms with E-state index < -0.39 is 84.3 Å². The molecule has 0 spiro atoms. The Balaban J connectivity index is 3.76. The average Bonchev–Trinajstić information content (AvgIpc) is 3.02. The molecule has 2 atom stereocenters. The molecule has 0 radical (unpaired) electrons. The van der Waals surface area contributed by atoms with Crippen molar-refractivity contribution >= 4 is 19.9 Å². The van der Waals surface area contributed by atoms with E-state index in [1.165, 1.54) is 0 Å². The number of sulfonamides is 1. The quantitative estimate of drug-likeness (QED) is 0.254. The van der Waals surface area contributed by atoms with E-state index in [1.807, 2.05) is 0 Å². The largest absolute Gasteiger partial charge is 0.490 e. The van der Waals surface area contributed by atoms with Crippen LogP contribution in [0.5, 0.6) is 0 Å². The molecule has 1 aliphatic rings. The smallest absolute Gasteiger partial charge is 0.216 e. The Morgan fingerprint density at radius 2 is 1.26 bits per heavy atom. The van der Waals surface area contributed by atoms with E-state index in [1.54, 1.807) is 6.92 Å². The van der Waals surface area contributed by atoms with Gasteiger partial charge in [0.15, 0.2) is 0 Å². The van der Waals surface area contributed by atoms with Crippen LogP contribution in [-0.4, -0.2) is 62.0 Å². The Kier molecular flexibility index (Phi) is 7.73. The Bertz CT molecular complexity index is 851. The summed E-state index contributed by atoms with van der Waals surface area (Å²) in [4.78, 5) is 0. The van der Waals surface area contributed by atoms with Crippen LogP contribution in [-0.2, 0) is 19.9 Å². The third-order valence-corrected chi connectivity index (χ3v) is 9.97. The van der Waals surface area contributed by atoms with Crippen LogP contribution in [0.15, 0.2) is 0 Å². The van der Waals surface area contributed by atoms with Crippen molar-refractivity contribution in [1.29, 1.82) is 0 Å². The minimum absolute atomic E-state index is 0.00790. The van der Waals surface area contributed by atoms with E-state index in [0.29, 0.717) is 12.8 Å². The number of rotatable bonds is 9. The van der Waals surface area contributed by atoms with E-state index in [4.69, 9.17) is 0 Å². The molecule has 0 N–H and O–H groups in total. The molecule has 186 valence electrons. The van der Waals surface area contributed by atoms with Crippen LogP contribution in [0.4, 0.5) is 43.9 Å². The fraction of sp³-hybridized carbons (Fsp3) is 1.00. The molecule has 1 heterocycles. The number of halogens is 10. The Morgan fingerprint density at radius 1 is 0.774 bits per heavy atom. The highest BCUT2D eigenvalue weighted by atomic mass is 32.2. The van der Waals surface area contributed by atoms with Crippen molar-refractivity contribution in [2.75, 3.05) is 13.1 Å². The first-order valence-electron chi connectivity index (χ1n) is 8.89. The lowest BCUT2D eigenvalue weighted by atomic mass is 10.2. The third-order valence-electron chi connectivity index (χ3n) is 5.08. The topological polar surface area (TPSA) is 68.3 Å². The fourth-order valence-corrected chi connectivity index (χ4v) is 7.93. The molecule has 0 aromatic rings. The van der Waals surface area contributed by atoms with Crippen molar-refractivity contribution in [3.05, 3.63) is 0 Å². The van der Waals surface area contributed by atoms with Crippen molar-refractivity contribution in [3.8, 4) is 0 Å². The van der Waals surface area contributed by atoms with Gasteiger partial charge in [-0.3, -0.25) is 0 Å². The summed E-state index contributed by atoms with van der Waals surface area (Å²) in [6, 6.07) is 0. The van der Waals surface area contributed by atoms with Gasteiger partial charge >= 0.3 is 32.9 Å². The zero-order valence-electron chi connectivity index (χ0n) is 15.9. The Labute approximate surface area is 171 Å². The first kappa shape index (κ1) is 28.2. The monoisotopic (exact) mass is 520 g/mol. The fourth-order valence-electron chi connectivity index (χ4n) is 3.48. The molecule has 0 bridgehead atoms. The number of likely N-dealkylation sites (tertiary alicyclic amines) is 1. The summed E-state index contributed by atoms with van der Waals surface area (Å²) in [6.07, 6.45) is -15.3. The van der Waals surface area contributed by atoms with Crippen LogP contribution in [0.2, 0.25) is 0 Å². The molecular weight excluding hydrogens is 500 g/mol. The molecular formula is C14H20F10NO4S2+. The van der Waals surface area contributed by atoms with Gasteiger partial charge in [-0.1, -0.05) is 19.8 Å². The van der Waals surface area contributed by atoms with E-state index >= 15 is 0 Å². The predicted molar refractivity (Wildman–Crippen MR) is 87.0 cm³/mol. The van der Waals surface area contributed by atoms with E-state index in [9.17, 15) is 60.7 Å². The van der Waals surface area contributed by atoms with Gasteiger partial charge < -0.3 is 0 Å². The molecule has 1 rings (SSSR count). The third kappa shape index (κ3) is 4.37. The molecule has 1 aliphatic heterocycles. The number of hydrogen-bond acceptors (Lipinski definition) is 4. The number of nitrogens with zero attached hydrogens (tertiary/aromatic N) is 1. The zero-order valence-corrected chi connectivity index (χ0v) is 17.5. The summed E-state index contributed by atoms with van der Waals surface area (Å²) in [7, 11) is -13.9. The summed E-state index contributed by atoms with van der Waals surface area (Å²) in [5.74, 6) is 0. The van der Waals surface area contributed by atoms with Crippen molar-refractivity contribution in [1.82, 2.24) is 0 Å². The number of unbranched alkanes of at least 4 members (excludes halogenated alkanes) is 3. The van der Waals surface area contributed by atoms with Gasteiger partial charge in [0.1, 0.15) is 0 Å². The highest BCUT2D eigenvalue weighted by molar-refractivity contribution is 7.94. The summed E-state index contributed by atoms with van der Waals surface area (Å²) >= 11 is 0. The van der Waals surface area contributed by atoms with Gasteiger partial charge in [0, 0.05) is 12.8 Å². The van der Waals surface area contributed by atoms with Crippen LogP contribution in [0.25, 0.3) is 0 Å². The van der Waals surface area contributed by atoms with Crippen LogP contribution in [0.3, 0.4) is 0 Å². The second-order valence-corrected chi connectivity index (χ2v) is 11.4. The highest BCUT2D eigenvalue weighted by Crippen LogP contribution is 2.51. The van der Waals surface area contributed by atoms with Gasteiger partial charge in [0.05, 0.1) is 13.1 Å². The minimum atomic E-state index is -6.98. The SMILES string of the molecule is CCCCCC[N+]1(S(=O)(=O)C(F)(F)C(F)(F)F)CCCC1S(=O)(=O)C(F)(F)C(F)(F)F. The molecule has 31 heavy (non-hydrogen) atoms. The summed E-state index contributed by atoms with van der Waals surface area (Å²) < 4.78 is 178. The molecule has 17 heteroatoms. The van der Waals surface area contributed by atoms with Gasteiger partial charge in [-0.25, -0.2) is 8.42 Å². The Morgan fingerprint density at radius 3 is 1.68 bits per heavy atom. The lowest BCUT2D eigenvalue weighted by Crippen LogP contribution is -2.68. The van der Waals surface area contributed by atoms with Gasteiger partial charge in [-0.05, 0) is 12.8 Å². The van der Waals surface area contributed by atoms with Crippen molar-refractivity contribution in [2.45, 2.75) is 73.7 Å². The molecule has 0 aromatic heterocycles. The second kappa shape index (κ2) is 8.50. The number of hydrogen-bond donors (Lipinski definition) is 0. The van der Waals surface area contributed by atoms with Crippen LogP contribution in [0.1, 0.15) is 45.4 Å². The normalized spacial score (nSPS) is 24.5. The summed E-state index contributed by atoms with van der Waals surface area (Å²) in [5, 5.41) is -16.5. The second-order valence-electron chi connectivity index (χ2n) is 7.11. The molecule has 0 aromatic carbocycles. The van der Waals surface area contributed by atoms with E-state index in [-0.39, 0.29) is 6.42 Å². The maximum absolute atomic E-state index is 13.9. The van der Waals surface area contributed by atoms with Gasteiger partial charge in [-0.2, -0.15) is 56.2 Å². The first-order chi connectivity index (χ1) is 13.6. The van der Waals surface area contributed by atoms with Crippen molar-refractivity contribution in [3.63, 3.8) is 0 Å². The maximum atomic E-state index is 13.9. The summed E-state index contributed by atoms with van der Waals surface area (Å²) in [6.45, 7) is -0.963. The average molecular weight is 520 g/mol. The summed E-state index contributed by atoms with van der Waals surface area (Å²) in [5.41, 5.74) is 0. The lowest BCUT2D eigenvalue weighted by Gasteiger charge is -2.40. The van der Waals surface area contributed by atoms with E-state index in [2.05, 4.69) is 0 Å². The minimum Gasteiger partial charge on any atom is -0.216 e. The van der Waals surface area contributed by atoms with Crippen LogP contribution in [0, 0.1) is 0 Å². The molecule has 0 saturated carbocycles. The highest BCUT2D eigenvalue weighted by Gasteiger charge is 2.80. The van der Waals surface area contributed by atoms with Crippen molar-refractivity contribution < 1.29 is 64.6 Å². The standard InChI is InChI=1S/C14H20F10NO4S2/c1-2-3-4-5-8-25(31(28,29)14(23,24)12(18,19)20)9-6-7-10(25)30(26,27)13(21,22)11(15,16)17/h10H,2-9H2,1H3/q+1. The van der Waals surface area contributed by atoms with E-state index in [0.717, 1.165) is 0 Å². The van der Waals surface area contributed by atoms with Gasteiger partial charge in [0.2, 0.25) is 5.37 Å². The Hall–Kier alpha value is -0.840. The van der Waals surface area contributed by atoms with Crippen molar-refractivity contribution in [2.24, 2.45) is 0 Å². The van der Waals surface area contributed by atoms with Gasteiger partial charge in [-0.15, -0.1) is 0 Å². The number of alkyl halides is 10. The van der Waals surface area contributed by atoms with Crippen LogP contribution >= 0.6 is 0 Å². The number of quaternary nitrogens is 1. The van der Waals surface area contributed by atoms with Gasteiger partial charge in [0.25, 0.3) is 9.84 Å². The zero-order chi connectivity index (χ0) is 24.7. The maximum Gasteiger partial charge on any atom is 0.490 e. The molecule has 0 amide bonds. The molecule has 1 fully saturated rings. The molecule has 1 saturated heterocycles. The first-order valence-corrected chi connectivity index (χ1v) is 11.9. The molecule has 2 unspecified atom stereocenters. The van der Waals surface area contributed by atoms with Crippen LogP contribution < -0.4 is 0 Å². The number of sulfone groups is 1. The molecule has 0 aliphatic carbocycles. The molecule has 5 nitrogen and oxygen atoms in total. The lowest BCUT2D eigenvalue weighted by molar-refractivity contribution is -0.807. The predicted octanol–water partition coefficient (Wildman–Crippen LogP) is 4.56.